The average Bonchev–Trinajstić information content (AvgIpc) is 2.75. The van der Waals surface area contributed by atoms with Crippen LogP contribution >= 0.6 is 0 Å². The van der Waals surface area contributed by atoms with Crippen molar-refractivity contribution >= 4 is 5.97 Å². The van der Waals surface area contributed by atoms with Crippen LogP contribution in [0.1, 0.15) is 24.3 Å². The average molecular weight is 267 g/mol. The van der Waals surface area contributed by atoms with E-state index in [0.29, 0.717) is 5.92 Å². The van der Waals surface area contributed by atoms with Crippen molar-refractivity contribution in [1.29, 1.82) is 0 Å². The molecule has 0 aromatic carbocycles. The first kappa shape index (κ1) is 14.0. The Balaban J connectivity index is 1.75. The van der Waals surface area contributed by atoms with Crippen molar-refractivity contribution in [2.24, 2.45) is 5.92 Å². The molecule has 0 bridgehead atoms. The lowest BCUT2D eigenvalue weighted by Gasteiger charge is -2.32. The van der Waals surface area contributed by atoms with E-state index in [1.165, 1.54) is 0 Å². The van der Waals surface area contributed by atoms with E-state index in [4.69, 9.17) is 9.63 Å². The van der Waals surface area contributed by atoms with Crippen LogP contribution in [0.25, 0.3) is 0 Å². The molecule has 1 aromatic rings. The van der Waals surface area contributed by atoms with Crippen molar-refractivity contribution in [2.45, 2.75) is 26.3 Å². The summed E-state index contributed by atoms with van der Waals surface area (Å²) in [6, 6.07) is 1.96. The molecule has 1 unspecified atom stereocenters. The summed E-state index contributed by atoms with van der Waals surface area (Å²) >= 11 is 0. The second kappa shape index (κ2) is 6.68. The molecule has 1 aromatic heterocycles. The predicted octanol–water partition coefficient (Wildman–Crippen LogP) is 0.869. The third-order valence-electron chi connectivity index (χ3n) is 3.37. The quantitative estimate of drug-likeness (QED) is 0.796. The molecule has 2 N–H and O–H groups in total. The molecule has 0 saturated carbocycles. The first-order valence-electron chi connectivity index (χ1n) is 6.70. The molecular formula is C13H21N3O3. The number of hydrogen-bond acceptors (Lipinski definition) is 5. The highest BCUT2D eigenvalue weighted by Crippen LogP contribution is 2.18. The topological polar surface area (TPSA) is 78.6 Å². The van der Waals surface area contributed by atoms with E-state index < -0.39 is 5.97 Å². The summed E-state index contributed by atoms with van der Waals surface area (Å²) in [6.45, 7) is 5.55. The largest absolute Gasteiger partial charge is 0.480 e. The SMILES string of the molecule is Cc1cc(CN2CCCC(CNCC(=O)O)C2)on1. The fourth-order valence-electron chi connectivity index (χ4n) is 2.56. The molecule has 19 heavy (non-hydrogen) atoms. The Hall–Kier alpha value is -1.40. The minimum absolute atomic E-state index is 0.0395. The number of aryl methyl sites for hydroxylation is 1. The molecule has 1 aliphatic rings. The molecule has 0 radical (unpaired) electrons. The van der Waals surface area contributed by atoms with Gasteiger partial charge in [0.2, 0.25) is 0 Å². The molecule has 0 aliphatic carbocycles. The van der Waals surface area contributed by atoms with Crippen molar-refractivity contribution < 1.29 is 14.4 Å². The Morgan fingerprint density at radius 1 is 1.68 bits per heavy atom. The van der Waals surface area contributed by atoms with E-state index in [9.17, 15) is 4.79 Å². The minimum Gasteiger partial charge on any atom is -0.480 e. The van der Waals surface area contributed by atoms with Gasteiger partial charge >= 0.3 is 5.97 Å². The Bertz CT molecular complexity index is 419. The third-order valence-corrected chi connectivity index (χ3v) is 3.37. The van der Waals surface area contributed by atoms with E-state index in [1.807, 2.05) is 13.0 Å². The summed E-state index contributed by atoms with van der Waals surface area (Å²) in [5, 5.41) is 15.5. The van der Waals surface area contributed by atoms with Crippen LogP contribution < -0.4 is 5.32 Å². The van der Waals surface area contributed by atoms with E-state index >= 15 is 0 Å². The van der Waals surface area contributed by atoms with Crippen LogP contribution in [-0.4, -0.2) is 47.3 Å². The Morgan fingerprint density at radius 2 is 2.53 bits per heavy atom. The van der Waals surface area contributed by atoms with Gasteiger partial charge in [-0.2, -0.15) is 0 Å². The number of aliphatic carboxylic acids is 1. The van der Waals surface area contributed by atoms with Crippen molar-refractivity contribution in [3.8, 4) is 0 Å². The van der Waals surface area contributed by atoms with Crippen molar-refractivity contribution in [3.63, 3.8) is 0 Å². The Morgan fingerprint density at radius 3 is 3.21 bits per heavy atom. The number of piperidine rings is 1. The van der Waals surface area contributed by atoms with Gasteiger partial charge in [0.05, 0.1) is 18.8 Å². The van der Waals surface area contributed by atoms with Crippen LogP contribution in [0.3, 0.4) is 0 Å². The Labute approximate surface area is 112 Å². The molecule has 6 nitrogen and oxygen atoms in total. The van der Waals surface area contributed by atoms with Crippen LogP contribution in [-0.2, 0) is 11.3 Å². The van der Waals surface area contributed by atoms with Gasteiger partial charge in [-0.05, 0) is 38.8 Å². The highest BCUT2D eigenvalue weighted by Gasteiger charge is 2.20. The van der Waals surface area contributed by atoms with Gasteiger partial charge in [-0.15, -0.1) is 0 Å². The van der Waals surface area contributed by atoms with Gasteiger partial charge < -0.3 is 14.9 Å². The molecule has 0 amide bonds. The highest BCUT2D eigenvalue weighted by molar-refractivity contribution is 5.68. The van der Waals surface area contributed by atoms with Gasteiger partial charge in [-0.25, -0.2) is 0 Å². The lowest BCUT2D eigenvalue weighted by molar-refractivity contribution is -0.136. The number of aromatic nitrogens is 1. The summed E-state index contributed by atoms with van der Waals surface area (Å²) in [5.41, 5.74) is 0.909. The number of carboxylic acids is 1. The summed E-state index contributed by atoms with van der Waals surface area (Å²) in [6.07, 6.45) is 2.30. The number of carbonyl (C=O) groups is 1. The highest BCUT2D eigenvalue weighted by atomic mass is 16.5. The van der Waals surface area contributed by atoms with Gasteiger partial charge in [-0.3, -0.25) is 9.69 Å². The molecular weight excluding hydrogens is 246 g/mol. The maximum Gasteiger partial charge on any atom is 0.317 e. The molecule has 1 atom stereocenters. The van der Waals surface area contributed by atoms with Crippen LogP contribution in [0.2, 0.25) is 0 Å². The van der Waals surface area contributed by atoms with Crippen molar-refractivity contribution in [1.82, 2.24) is 15.4 Å². The smallest absolute Gasteiger partial charge is 0.317 e. The van der Waals surface area contributed by atoms with E-state index in [-0.39, 0.29) is 6.54 Å². The monoisotopic (exact) mass is 267 g/mol. The number of nitrogens with one attached hydrogen (secondary N) is 1. The van der Waals surface area contributed by atoms with Crippen LogP contribution in [0.5, 0.6) is 0 Å². The predicted molar refractivity (Wildman–Crippen MR) is 69.7 cm³/mol. The molecule has 2 heterocycles. The summed E-state index contributed by atoms with van der Waals surface area (Å²) in [7, 11) is 0. The molecule has 1 fully saturated rings. The van der Waals surface area contributed by atoms with Crippen molar-refractivity contribution in [2.75, 3.05) is 26.2 Å². The van der Waals surface area contributed by atoms with Gasteiger partial charge in [0, 0.05) is 12.6 Å². The van der Waals surface area contributed by atoms with Crippen LogP contribution in [0.4, 0.5) is 0 Å². The molecule has 0 spiro atoms. The van der Waals surface area contributed by atoms with E-state index in [2.05, 4.69) is 15.4 Å². The van der Waals surface area contributed by atoms with Crippen molar-refractivity contribution in [3.05, 3.63) is 17.5 Å². The fourth-order valence-corrected chi connectivity index (χ4v) is 2.56. The van der Waals surface area contributed by atoms with Crippen LogP contribution in [0, 0.1) is 12.8 Å². The second-order valence-corrected chi connectivity index (χ2v) is 5.20. The molecule has 106 valence electrons. The first-order valence-corrected chi connectivity index (χ1v) is 6.70. The molecule has 2 rings (SSSR count). The zero-order chi connectivity index (χ0) is 13.7. The van der Waals surface area contributed by atoms with Gasteiger partial charge in [0.15, 0.2) is 5.76 Å². The lowest BCUT2D eigenvalue weighted by Crippen LogP contribution is -2.40. The standard InChI is InChI=1S/C13H21N3O3/c1-10-5-12(19-15-10)9-16-4-2-3-11(8-16)6-14-7-13(17)18/h5,11,14H,2-4,6-9H2,1H3,(H,17,18). The van der Waals surface area contributed by atoms with Gasteiger partial charge in [0.25, 0.3) is 0 Å². The third kappa shape index (κ3) is 4.65. The normalized spacial score (nSPS) is 20.6. The Kier molecular flexibility index (Phi) is 4.93. The number of carboxylic acid groups (broad SMARTS) is 1. The lowest BCUT2D eigenvalue weighted by atomic mass is 9.98. The molecule has 6 heteroatoms. The van der Waals surface area contributed by atoms with E-state index in [1.54, 1.807) is 0 Å². The maximum absolute atomic E-state index is 10.5. The second-order valence-electron chi connectivity index (χ2n) is 5.20. The first-order chi connectivity index (χ1) is 9.13. The maximum atomic E-state index is 10.5. The molecule has 1 aliphatic heterocycles. The number of likely N-dealkylation sites (tertiary alicyclic amines) is 1. The summed E-state index contributed by atoms with van der Waals surface area (Å²) in [5.74, 6) is 0.610. The van der Waals surface area contributed by atoms with Crippen LogP contribution in [0.15, 0.2) is 10.6 Å². The minimum atomic E-state index is -0.801. The number of nitrogens with zero attached hydrogens (tertiary/aromatic N) is 2. The summed E-state index contributed by atoms with van der Waals surface area (Å²) < 4.78 is 5.23. The molecule has 1 saturated heterocycles. The van der Waals surface area contributed by atoms with E-state index in [0.717, 1.165) is 50.5 Å². The fraction of sp³-hybridized carbons (Fsp3) is 0.692. The zero-order valence-electron chi connectivity index (χ0n) is 11.3. The van der Waals surface area contributed by atoms with Gasteiger partial charge in [0.1, 0.15) is 0 Å². The number of hydrogen-bond donors (Lipinski definition) is 2. The van der Waals surface area contributed by atoms with Gasteiger partial charge in [-0.1, -0.05) is 5.16 Å². The zero-order valence-corrected chi connectivity index (χ0v) is 11.3. The number of rotatable bonds is 6. The summed E-state index contributed by atoms with van der Waals surface area (Å²) in [4.78, 5) is 12.8.